The third-order valence-corrected chi connectivity index (χ3v) is 5.29. The molecule has 30 heavy (non-hydrogen) atoms. The van der Waals surface area contributed by atoms with Crippen LogP contribution in [-0.4, -0.2) is 41.9 Å². The Kier molecular flexibility index (Phi) is 6.33. The third-order valence-electron chi connectivity index (χ3n) is 5.29. The van der Waals surface area contributed by atoms with Crippen LogP contribution in [0.15, 0.2) is 40.3 Å². The first-order chi connectivity index (χ1) is 14.0. The summed E-state index contributed by atoms with van der Waals surface area (Å²) in [6.45, 7) is 2.24. The van der Waals surface area contributed by atoms with E-state index in [0.29, 0.717) is 17.7 Å². The molecule has 3 heterocycles. The van der Waals surface area contributed by atoms with Gasteiger partial charge in [0, 0.05) is 37.7 Å². The Balaban J connectivity index is 0.00000256. The fourth-order valence-corrected chi connectivity index (χ4v) is 3.66. The second kappa shape index (κ2) is 8.76. The van der Waals surface area contributed by atoms with Crippen molar-refractivity contribution in [3.63, 3.8) is 0 Å². The lowest BCUT2D eigenvalue weighted by molar-refractivity contribution is 0.476. The molecule has 10 heteroatoms. The smallest absolute Gasteiger partial charge is 0.332 e. The number of imidazole rings is 1. The number of aromatic hydroxyl groups is 1. The number of fused-ring (bicyclic) bond motifs is 2. The molecule has 0 bridgehead atoms. The summed E-state index contributed by atoms with van der Waals surface area (Å²) in [4.78, 5) is 31.9. The number of hydrogen-bond acceptors (Lipinski definition) is 5. The summed E-state index contributed by atoms with van der Waals surface area (Å²) in [5, 5.41) is 14.1. The second-order valence-electron chi connectivity index (χ2n) is 7.21. The monoisotopic (exact) mass is 432 g/mol. The summed E-state index contributed by atoms with van der Waals surface area (Å²) >= 11 is 0. The summed E-state index contributed by atoms with van der Waals surface area (Å²) in [5.41, 5.74) is 2.34. The van der Waals surface area contributed by atoms with Gasteiger partial charge >= 0.3 is 5.69 Å². The normalized spacial score (nSPS) is 11.3. The number of hydrogen-bond donors (Lipinski definition) is 3. The number of benzene rings is 1. The highest BCUT2D eigenvalue weighted by Crippen LogP contribution is 2.23. The highest BCUT2D eigenvalue weighted by molar-refractivity contribution is 5.85. The van der Waals surface area contributed by atoms with Crippen molar-refractivity contribution in [2.45, 2.75) is 19.4 Å². The Morgan fingerprint density at radius 2 is 1.97 bits per heavy atom. The quantitative estimate of drug-likeness (QED) is 0.381. The molecule has 0 amide bonds. The first kappa shape index (κ1) is 21.7. The molecule has 3 aromatic heterocycles. The molecule has 0 radical (unpaired) electrons. The molecule has 0 atom stereocenters. The lowest BCUT2D eigenvalue weighted by Crippen LogP contribution is -2.37. The number of aromatic amines is 1. The molecule has 0 aliphatic carbocycles. The number of halogens is 1. The zero-order valence-electron chi connectivity index (χ0n) is 16.9. The van der Waals surface area contributed by atoms with Crippen LogP contribution in [-0.2, 0) is 27.1 Å². The van der Waals surface area contributed by atoms with Crippen molar-refractivity contribution in [2.24, 2.45) is 14.1 Å². The average Bonchev–Trinajstić information content (AvgIpc) is 3.31. The number of phenols is 1. The van der Waals surface area contributed by atoms with Gasteiger partial charge in [0.25, 0.3) is 5.56 Å². The van der Waals surface area contributed by atoms with Gasteiger partial charge in [0.05, 0.1) is 6.33 Å². The number of H-pyrrole nitrogens is 1. The van der Waals surface area contributed by atoms with Gasteiger partial charge < -0.3 is 20.0 Å². The summed E-state index contributed by atoms with van der Waals surface area (Å²) in [7, 11) is 3.10. The molecule has 4 rings (SSSR count). The number of aryl methyl sites for hydroxylation is 2. The molecule has 0 fully saturated rings. The Labute approximate surface area is 178 Å². The second-order valence-corrected chi connectivity index (χ2v) is 7.21. The van der Waals surface area contributed by atoms with Crippen LogP contribution in [0.2, 0.25) is 0 Å². The van der Waals surface area contributed by atoms with Crippen LogP contribution in [0, 0.1) is 0 Å². The minimum Gasteiger partial charge on any atom is -0.508 e. The number of nitrogens with one attached hydrogen (secondary N) is 2. The van der Waals surface area contributed by atoms with E-state index >= 15 is 0 Å². The molecule has 9 nitrogen and oxygen atoms in total. The maximum absolute atomic E-state index is 12.4. The van der Waals surface area contributed by atoms with Gasteiger partial charge in [0.1, 0.15) is 5.75 Å². The van der Waals surface area contributed by atoms with Crippen LogP contribution >= 0.6 is 12.4 Å². The fraction of sp³-hybridized carbons (Fsp3) is 0.350. The molecule has 3 N–H and O–H groups in total. The largest absolute Gasteiger partial charge is 0.508 e. The summed E-state index contributed by atoms with van der Waals surface area (Å²) in [6, 6.07) is 5.32. The number of rotatable bonds is 7. The molecule has 0 spiro atoms. The molecule has 0 saturated heterocycles. The van der Waals surface area contributed by atoms with Crippen molar-refractivity contribution in [2.75, 3.05) is 13.1 Å². The lowest BCUT2D eigenvalue weighted by Gasteiger charge is -2.08. The number of phenolic OH excluding ortho intramolecular Hbond substituents is 1. The van der Waals surface area contributed by atoms with Gasteiger partial charge in [-0.15, -0.1) is 12.4 Å². The van der Waals surface area contributed by atoms with Crippen molar-refractivity contribution >= 4 is 34.5 Å². The van der Waals surface area contributed by atoms with E-state index in [-0.39, 0.29) is 29.4 Å². The van der Waals surface area contributed by atoms with Gasteiger partial charge in [-0.2, -0.15) is 0 Å². The topological polar surface area (TPSA) is 110 Å². The predicted octanol–water partition coefficient (Wildman–Crippen LogP) is 1.26. The van der Waals surface area contributed by atoms with Crippen LogP contribution in [0.4, 0.5) is 0 Å². The zero-order valence-corrected chi connectivity index (χ0v) is 17.7. The first-order valence-electron chi connectivity index (χ1n) is 9.58. The summed E-state index contributed by atoms with van der Waals surface area (Å²) in [5.74, 6) is 0.266. The predicted molar refractivity (Wildman–Crippen MR) is 119 cm³/mol. The molecule has 0 saturated carbocycles. The molecule has 0 unspecified atom stereocenters. The Hall–Kier alpha value is -3.04. The molecule has 160 valence electrons. The van der Waals surface area contributed by atoms with E-state index in [1.807, 2.05) is 12.3 Å². The van der Waals surface area contributed by atoms with E-state index in [0.717, 1.165) is 47.0 Å². The third kappa shape index (κ3) is 3.86. The maximum atomic E-state index is 12.4. The van der Waals surface area contributed by atoms with Gasteiger partial charge in [0.15, 0.2) is 11.2 Å². The fourth-order valence-electron chi connectivity index (χ4n) is 3.66. The van der Waals surface area contributed by atoms with Crippen molar-refractivity contribution in [3.8, 4) is 5.75 Å². The molecule has 0 aliphatic heterocycles. The minimum absolute atomic E-state index is 0. The van der Waals surface area contributed by atoms with Crippen LogP contribution in [0.25, 0.3) is 22.1 Å². The van der Waals surface area contributed by atoms with E-state index in [1.165, 1.54) is 11.6 Å². The van der Waals surface area contributed by atoms with E-state index in [1.54, 1.807) is 30.1 Å². The lowest BCUT2D eigenvalue weighted by atomic mass is 10.1. The van der Waals surface area contributed by atoms with Gasteiger partial charge in [-0.3, -0.25) is 13.9 Å². The van der Waals surface area contributed by atoms with Crippen LogP contribution in [0.1, 0.15) is 12.0 Å². The van der Waals surface area contributed by atoms with Gasteiger partial charge in [-0.05, 0) is 49.7 Å². The molecule has 4 aromatic rings. The van der Waals surface area contributed by atoms with E-state index in [9.17, 15) is 14.7 Å². The van der Waals surface area contributed by atoms with Crippen molar-refractivity contribution in [3.05, 3.63) is 57.1 Å². The van der Waals surface area contributed by atoms with Gasteiger partial charge in [-0.25, -0.2) is 9.78 Å². The van der Waals surface area contributed by atoms with Crippen molar-refractivity contribution < 1.29 is 5.11 Å². The van der Waals surface area contributed by atoms with Gasteiger partial charge in [0.2, 0.25) is 0 Å². The van der Waals surface area contributed by atoms with Crippen molar-refractivity contribution in [1.29, 1.82) is 0 Å². The molecular weight excluding hydrogens is 408 g/mol. The summed E-state index contributed by atoms with van der Waals surface area (Å²) < 4.78 is 4.31. The van der Waals surface area contributed by atoms with E-state index in [2.05, 4.69) is 15.3 Å². The first-order valence-corrected chi connectivity index (χ1v) is 9.58. The van der Waals surface area contributed by atoms with Crippen molar-refractivity contribution in [1.82, 2.24) is 29.0 Å². The highest BCUT2D eigenvalue weighted by atomic mass is 35.5. The number of aromatic nitrogens is 5. The minimum atomic E-state index is -0.375. The van der Waals surface area contributed by atoms with Crippen LogP contribution in [0.5, 0.6) is 5.75 Å². The molecule has 0 aliphatic rings. The Morgan fingerprint density at radius 1 is 1.17 bits per heavy atom. The Bertz CT molecular complexity index is 1300. The van der Waals surface area contributed by atoms with E-state index < -0.39 is 0 Å². The standard InChI is InChI=1S/C20H24N6O3.ClH/c1-24-18-17(19(28)25(2)20(24)29)26(12-23-18)9-3-7-21-8-6-13-11-22-16-5-4-14(27)10-15(13)16;/h4-5,10-12,21-22,27H,3,6-9H2,1-2H3;1H. The SMILES string of the molecule is Cl.Cn1c(=O)c2c(ncn2CCCNCCc2c[nH]c3ccc(O)cc23)n(C)c1=O. The maximum Gasteiger partial charge on any atom is 0.332 e. The average molecular weight is 433 g/mol. The van der Waals surface area contributed by atoms with E-state index in [4.69, 9.17) is 0 Å². The van der Waals surface area contributed by atoms with Gasteiger partial charge in [-0.1, -0.05) is 0 Å². The molecule has 1 aromatic carbocycles. The highest BCUT2D eigenvalue weighted by Gasteiger charge is 2.13. The summed E-state index contributed by atoms with van der Waals surface area (Å²) in [6.07, 6.45) is 5.26. The zero-order chi connectivity index (χ0) is 20.5. The van der Waals surface area contributed by atoms with Crippen LogP contribution < -0.4 is 16.6 Å². The van der Waals surface area contributed by atoms with Crippen LogP contribution in [0.3, 0.4) is 0 Å². The Morgan fingerprint density at radius 3 is 2.77 bits per heavy atom. The number of nitrogens with zero attached hydrogens (tertiary/aromatic N) is 4. The molecular formula is C20H25ClN6O3.